The molecular formula is C20H27N3O6S. The zero-order valence-electron chi connectivity index (χ0n) is 17.5. The smallest absolute Gasteiger partial charge is 0.340 e. The van der Waals surface area contributed by atoms with E-state index >= 15 is 0 Å². The molecule has 30 heavy (non-hydrogen) atoms. The predicted molar refractivity (Wildman–Crippen MR) is 112 cm³/mol. The van der Waals surface area contributed by atoms with Crippen molar-refractivity contribution in [2.75, 3.05) is 27.4 Å². The highest BCUT2D eigenvalue weighted by Gasteiger charge is 2.23. The lowest BCUT2D eigenvalue weighted by atomic mass is 10.1. The molecule has 0 bridgehead atoms. The molecule has 0 saturated heterocycles. The molecule has 0 unspecified atom stereocenters. The summed E-state index contributed by atoms with van der Waals surface area (Å²) in [6, 6.07) is 6.92. The van der Waals surface area contributed by atoms with Crippen molar-refractivity contribution in [2.45, 2.75) is 26.1 Å². The minimum Gasteiger partial charge on any atom is -0.460 e. The van der Waals surface area contributed by atoms with E-state index in [1.54, 1.807) is 38.1 Å². The van der Waals surface area contributed by atoms with Crippen LogP contribution >= 0.6 is 0 Å². The lowest BCUT2D eigenvalue weighted by molar-refractivity contribution is 0.0386. The number of benzene rings is 1. The van der Waals surface area contributed by atoms with Gasteiger partial charge in [-0.1, -0.05) is 24.3 Å². The number of amides is 1. The topological polar surface area (TPSA) is 127 Å². The highest BCUT2D eigenvalue weighted by atomic mass is 32.2. The second-order valence-electron chi connectivity index (χ2n) is 6.72. The fourth-order valence-electron chi connectivity index (χ4n) is 2.89. The van der Waals surface area contributed by atoms with E-state index in [1.165, 1.54) is 14.2 Å². The number of sulfonamides is 1. The first-order valence-corrected chi connectivity index (χ1v) is 11.0. The van der Waals surface area contributed by atoms with Crippen LogP contribution in [0.2, 0.25) is 0 Å². The van der Waals surface area contributed by atoms with Gasteiger partial charge in [-0.3, -0.25) is 4.79 Å². The molecule has 1 aromatic heterocycles. The van der Waals surface area contributed by atoms with E-state index < -0.39 is 16.0 Å². The van der Waals surface area contributed by atoms with Crippen LogP contribution in [-0.4, -0.2) is 52.6 Å². The molecule has 1 aromatic carbocycles. The molecule has 0 aliphatic carbocycles. The second kappa shape index (κ2) is 10.4. The van der Waals surface area contributed by atoms with Crippen molar-refractivity contribution in [2.24, 2.45) is 0 Å². The molecule has 0 atom stereocenters. The molecule has 0 saturated carbocycles. The number of H-pyrrole nitrogens is 1. The van der Waals surface area contributed by atoms with Gasteiger partial charge in [-0.2, -0.15) is 0 Å². The standard InChI is InChI=1S/C20H27N3O6S/c1-13-17(20(25)29-10-9-28-4)14(2)23-18(13)19(24)22-11-15-5-7-16(8-6-15)12-30(26,27)21-3/h5-8,21,23H,9-12H2,1-4H3,(H,22,24). The van der Waals surface area contributed by atoms with Crippen molar-refractivity contribution in [3.8, 4) is 0 Å². The summed E-state index contributed by atoms with van der Waals surface area (Å²) in [6.45, 7) is 4.06. The summed E-state index contributed by atoms with van der Waals surface area (Å²) in [5.41, 5.74) is 3.16. The first-order chi connectivity index (χ1) is 14.2. The van der Waals surface area contributed by atoms with E-state index in [9.17, 15) is 18.0 Å². The van der Waals surface area contributed by atoms with Crippen LogP contribution in [0.5, 0.6) is 0 Å². The molecule has 0 fully saturated rings. The number of ether oxygens (including phenoxy) is 2. The Morgan fingerprint density at radius 1 is 1.07 bits per heavy atom. The van der Waals surface area contributed by atoms with Gasteiger partial charge in [0.15, 0.2) is 0 Å². The number of hydrogen-bond donors (Lipinski definition) is 3. The Hall–Kier alpha value is -2.69. The number of methoxy groups -OCH3 is 1. The number of aromatic amines is 1. The van der Waals surface area contributed by atoms with Gasteiger partial charge in [-0.25, -0.2) is 17.9 Å². The number of hydrogen-bond acceptors (Lipinski definition) is 6. The van der Waals surface area contributed by atoms with Crippen LogP contribution in [0.15, 0.2) is 24.3 Å². The maximum absolute atomic E-state index is 12.6. The Labute approximate surface area is 176 Å². The maximum Gasteiger partial charge on any atom is 0.340 e. The SMILES string of the molecule is CNS(=O)(=O)Cc1ccc(CNC(=O)c2[nH]c(C)c(C(=O)OCCOC)c2C)cc1. The molecule has 0 aliphatic heterocycles. The monoisotopic (exact) mass is 437 g/mol. The zero-order chi connectivity index (χ0) is 22.3. The molecule has 164 valence electrons. The Morgan fingerprint density at radius 3 is 2.30 bits per heavy atom. The predicted octanol–water partition coefficient (Wildman–Crippen LogP) is 1.41. The van der Waals surface area contributed by atoms with E-state index in [0.717, 1.165) is 5.56 Å². The van der Waals surface area contributed by atoms with Crippen molar-refractivity contribution >= 4 is 21.9 Å². The van der Waals surface area contributed by atoms with Crippen LogP contribution in [0.25, 0.3) is 0 Å². The molecule has 0 aliphatic rings. The van der Waals surface area contributed by atoms with Crippen LogP contribution in [0.3, 0.4) is 0 Å². The molecule has 2 aromatic rings. The maximum atomic E-state index is 12.6. The second-order valence-corrected chi connectivity index (χ2v) is 8.64. The van der Waals surface area contributed by atoms with E-state index in [4.69, 9.17) is 9.47 Å². The quantitative estimate of drug-likeness (QED) is 0.381. The Bertz CT molecular complexity index is 996. The molecule has 1 amide bonds. The summed E-state index contributed by atoms with van der Waals surface area (Å²) < 4.78 is 35.5. The van der Waals surface area contributed by atoms with Crippen molar-refractivity contribution in [1.29, 1.82) is 0 Å². The summed E-state index contributed by atoms with van der Waals surface area (Å²) in [5, 5.41) is 2.79. The van der Waals surface area contributed by atoms with Crippen LogP contribution in [0.4, 0.5) is 0 Å². The van der Waals surface area contributed by atoms with Gasteiger partial charge in [0.1, 0.15) is 12.3 Å². The summed E-state index contributed by atoms with van der Waals surface area (Å²) in [7, 11) is -0.453. The summed E-state index contributed by atoms with van der Waals surface area (Å²) >= 11 is 0. The lowest BCUT2D eigenvalue weighted by Gasteiger charge is -2.07. The van der Waals surface area contributed by atoms with Gasteiger partial charge < -0.3 is 19.8 Å². The highest BCUT2D eigenvalue weighted by Crippen LogP contribution is 2.19. The lowest BCUT2D eigenvalue weighted by Crippen LogP contribution is -2.24. The first kappa shape index (κ1) is 23.6. The minimum atomic E-state index is -3.34. The van der Waals surface area contributed by atoms with E-state index in [-0.39, 0.29) is 24.8 Å². The average molecular weight is 438 g/mol. The number of aromatic nitrogens is 1. The average Bonchev–Trinajstić information content (AvgIpc) is 3.01. The normalized spacial score (nSPS) is 11.3. The summed E-state index contributed by atoms with van der Waals surface area (Å²) in [6.07, 6.45) is 0. The third kappa shape index (κ3) is 6.15. The van der Waals surface area contributed by atoms with E-state index in [2.05, 4.69) is 15.0 Å². The fourth-order valence-corrected chi connectivity index (χ4v) is 3.66. The van der Waals surface area contributed by atoms with Gasteiger partial charge in [-0.15, -0.1) is 0 Å². The molecule has 0 radical (unpaired) electrons. The number of aryl methyl sites for hydroxylation is 1. The van der Waals surface area contributed by atoms with Crippen LogP contribution in [0, 0.1) is 13.8 Å². The highest BCUT2D eigenvalue weighted by molar-refractivity contribution is 7.88. The molecular weight excluding hydrogens is 410 g/mol. The molecule has 0 spiro atoms. The largest absolute Gasteiger partial charge is 0.460 e. The number of esters is 1. The molecule has 2 rings (SSSR count). The molecule has 9 nitrogen and oxygen atoms in total. The van der Waals surface area contributed by atoms with E-state index in [0.29, 0.717) is 34.7 Å². The Morgan fingerprint density at radius 2 is 1.70 bits per heavy atom. The van der Waals surface area contributed by atoms with Gasteiger partial charge in [0.25, 0.3) is 5.91 Å². The van der Waals surface area contributed by atoms with Gasteiger partial charge in [0.2, 0.25) is 10.0 Å². The van der Waals surface area contributed by atoms with Gasteiger partial charge in [-0.05, 0) is 37.6 Å². The van der Waals surface area contributed by atoms with Crippen molar-refractivity contribution in [1.82, 2.24) is 15.0 Å². The molecule has 3 N–H and O–H groups in total. The fraction of sp³-hybridized carbons (Fsp3) is 0.400. The van der Waals surface area contributed by atoms with Gasteiger partial charge >= 0.3 is 5.97 Å². The molecule has 10 heteroatoms. The Kier molecular flexibility index (Phi) is 8.16. The number of carbonyl (C=O) groups is 2. The van der Waals surface area contributed by atoms with Crippen LogP contribution in [-0.2, 0) is 31.8 Å². The third-order valence-electron chi connectivity index (χ3n) is 4.53. The third-order valence-corrected chi connectivity index (χ3v) is 5.87. The van der Waals surface area contributed by atoms with Gasteiger partial charge in [0, 0.05) is 19.3 Å². The summed E-state index contributed by atoms with van der Waals surface area (Å²) in [5.74, 6) is -0.974. The van der Waals surface area contributed by atoms with Crippen LogP contribution < -0.4 is 10.0 Å². The number of rotatable bonds is 10. The number of carbonyl (C=O) groups excluding carboxylic acids is 2. The van der Waals surface area contributed by atoms with Crippen molar-refractivity contribution in [3.05, 3.63) is 57.9 Å². The Balaban J connectivity index is 2.01. The van der Waals surface area contributed by atoms with Crippen LogP contribution in [0.1, 0.15) is 43.2 Å². The summed E-state index contributed by atoms with van der Waals surface area (Å²) in [4.78, 5) is 27.8. The van der Waals surface area contributed by atoms with E-state index in [1.807, 2.05) is 0 Å². The van der Waals surface area contributed by atoms with Gasteiger partial charge in [0.05, 0.1) is 17.9 Å². The minimum absolute atomic E-state index is 0.111. The first-order valence-electron chi connectivity index (χ1n) is 9.31. The van der Waals surface area contributed by atoms with Crippen molar-refractivity contribution in [3.63, 3.8) is 0 Å². The van der Waals surface area contributed by atoms with Crippen molar-refractivity contribution < 1.29 is 27.5 Å². The number of nitrogens with one attached hydrogen (secondary N) is 3. The zero-order valence-corrected chi connectivity index (χ0v) is 18.3. The molecule has 1 heterocycles.